The van der Waals surface area contributed by atoms with E-state index in [0.29, 0.717) is 15.6 Å². The summed E-state index contributed by atoms with van der Waals surface area (Å²) in [5, 5.41) is 9.10. The van der Waals surface area contributed by atoms with Crippen molar-refractivity contribution in [1.29, 1.82) is 0 Å². The highest BCUT2D eigenvalue weighted by Crippen LogP contribution is 2.29. The van der Waals surface area contributed by atoms with Crippen LogP contribution in [0.1, 0.15) is 10.4 Å². The molecule has 20 heavy (non-hydrogen) atoms. The van der Waals surface area contributed by atoms with Crippen molar-refractivity contribution in [2.24, 2.45) is 0 Å². The number of nitrogens with zero attached hydrogens (tertiary/aromatic N) is 1. The molecule has 0 saturated carbocycles. The molecule has 0 amide bonds. The van der Waals surface area contributed by atoms with Crippen molar-refractivity contribution in [3.63, 3.8) is 0 Å². The third-order valence-electron chi connectivity index (χ3n) is 2.75. The lowest BCUT2D eigenvalue weighted by molar-refractivity contribution is 0.0698. The van der Waals surface area contributed by atoms with Gasteiger partial charge in [-0.25, -0.2) is 14.2 Å². The predicted molar refractivity (Wildman–Crippen MR) is 74.1 cm³/mol. The van der Waals surface area contributed by atoms with Gasteiger partial charge in [0.05, 0.1) is 0 Å². The Kier molecular flexibility index (Phi) is 3.02. The highest BCUT2D eigenvalue weighted by Gasteiger charge is 2.16. The van der Waals surface area contributed by atoms with Crippen molar-refractivity contribution in [2.75, 3.05) is 0 Å². The summed E-state index contributed by atoms with van der Waals surface area (Å²) in [6.45, 7) is 0. The van der Waals surface area contributed by atoms with Crippen LogP contribution >= 0.6 is 15.9 Å². The zero-order valence-electron chi connectivity index (χ0n) is 9.93. The second-order valence-corrected chi connectivity index (χ2v) is 5.05. The lowest BCUT2D eigenvalue weighted by Crippen LogP contribution is -1.95. The average molecular weight is 336 g/mol. The molecule has 0 saturated heterocycles. The molecule has 1 N–H and O–H groups in total. The van der Waals surface area contributed by atoms with Gasteiger partial charge in [-0.2, -0.15) is 0 Å². The van der Waals surface area contributed by atoms with Crippen molar-refractivity contribution < 1.29 is 18.7 Å². The van der Waals surface area contributed by atoms with Crippen molar-refractivity contribution in [2.45, 2.75) is 0 Å². The fourth-order valence-corrected chi connectivity index (χ4v) is 2.38. The summed E-state index contributed by atoms with van der Waals surface area (Å²) in [5.74, 6) is -1.36. The van der Waals surface area contributed by atoms with Gasteiger partial charge >= 0.3 is 5.97 Å². The van der Waals surface area contributed by atoms with Crippen molar-refractivity contribution in [3.05, 3.63) is 52.3 Å². The van der Waals surface area contributed by atoms with Crippen LogP contribution in [0, 0.1) is 5.82 Å². The first kappa shape index (κ1) is 12.8. The number of hydrogen-bond donors (Lipinski definition) is 1. The molecule has 0 atom stereocenters. The van der Waals surface area contributed by atoms with Gasteiger partial charge in [-0.1, -0.05) is 22.0 Å². The third kappa shape index (κ3) is 2.18. The normalized spacial score (nSPS) is 10.9. The highest BCUT2D eigenvalue weighted by atomic mass is 79.9. The fourth-order valence-electron chi connectivity index (χ4n) is 1.92. The molecule has 0 aliphatic rings. The molecule has 100 valence electrons. The van der Waals surface area contributed by atoms with E-state index in [1.165, 1.54) is 18.2 Å². The minimum Gasteiger partial charge on any atom is -0.478 e. The van der Waals surface area contributed by atoms with E-state index in [4.69, 9.17) is 9.52 Å². The van der Waals surface area contributed by atoms with Crippen LogP contribution in [0.15, 0.2) is 45.3 Å². The molecule has 6 heteroatoms. The van der Waals surface area contributed by atoms with Crippen molar-refractivity contribution in [3.8, 4) is 11.5 Å². The molecule has 0 spiro atoms. The fraction of sp³-hybridized carbons (Fsp3) is 0. The number of halogens is 2. The largest absolute Gasteiger partial charge is 0.478 e. The van der Waals surface area contributed by atoms with Gasteiger partial charge in [0.15, 0.2) is 5.58 Å². The van der Waals surface area contributed by atoms with Gasteiger partial charge in [0.2, 0.25) is 5.89 Å². The van der Waals surface area contributed by atoms with Gasteiger partial charge in [0.25, 0.3) is 0 Å². The molecule has 1 aromatic heterocycles. The van der Waals surface area contributed by atoms with E-state index in [1.807, 2.05) is 0 Å². The van der Waals surface area contributed by atoms with Crippen LogP contribution < -0.4 is 0 Å². The quantitative estimate of drug-likeness (QED) is 0.765. The zero-order chi connectivity index (χ0) is 14.3. The molecule has 0 bridgehead atoms. The number of carboxylic acid groups (broad SMARTS) is 1. The standard InChI is InChI=1S/C14H7BrFNO3/c15-8-4-7(5-9(16)6-8)13-17-11-3-1-2-10(14(18)19)12(11)20-13/h1-6H,(H,18,19). The molecular formula is C14H7BrFNO3. The molecule has 0 fully saturated rings. The van der Waals surface area contributed by atoms with Crippen LogP contribution in [-0.4, -0.2) is 16.1 Å². The molecule has 2 aromatic carbocycles. The van der Waals surface area contributed by atoms with Gasteiger partial charge < -0.3 is 9.52 Å². The van der Waals surface area contributed by atoms with E-state index in [9.17, 15) is 9.18 Å². The third-order valence-corrected chi connectivity index (χ3v) is 3.21. The predicted octanol–water partition coefficient (Wildman–Crippen LogP) is 4.09. The summed E-state index contributed by atoms with van der Waals surface area (Å²) < 4.78 is 19.4. The van der Waals surface area contributed by atoms with Gasteiger partial charge in [-0.3, -0.25) is 0 Å². The van der Waals surface area contributed by atoms with E-state index < -0.39 is 11.8 Å². The maximum Gasteiger partial charge on any atom is 0.339 e. The maximum absolute atomic E-state index is 13.4. The van der Waals surface area contributed by atoms with E-state index in [1.54, 1.807) is 18.2 Å². The first-order valence-corrected chi connectivity index (χ1v) is 6.43. The minimum atomic E-state index is -1.10. The summed E-state index contributed by atoms with van der Waals surface area (Å²) in [6, 6.07) is 8.89. The summed E-state index contributed by atoms with van der Waals surface area (Å²) in [4.78, 5) is 15.3. The number of hydrogen-bond acceptors (Lipinski definition) is 3. The van der Waals surface area contributed by atoms with E-state index >= 15 is 0 Å². The first-order chi connectivity index (χ1) is 9.54. The molecule has 3 aromatic rings. The lowest BCUT2D eigenvalue weighted by atomic mass is 10.2. The average Bonchev–Trinajstić information content (AvgIpc) is 2.80. The molecule has 3 rings (SSSR count). The molecule has 0 unspecified atom stereocenters. The molecular weight excluding hydrogens is 329 g/mol. The van der Waals surface area contributed by atoms with Crippen LogP contribution in [0.3, 0.4) is 0 Å². The zero-order valence-corrected chi connectivity index (χ0v) is 11.5. The van der Waals surface area contributed by atoms with E-state index in [-0.39, 0.29) is 17.0 Å². The number of benzene rings is 2. The first-order valence-electron chi connectivity index (χ1n) is 5.64. The Balaban J connectivity index is 2.23. The van der Waals surface area contributed by atoms with Crippen LogP contribution in [-0.2, 0) is 0 Å². The number of carbonyl (C=O) groups is 1. The Morgan fingerprint density at radius 3 is 2.80 bits per heavy atom. The van der Waals surface area contributed by atoms with Crippen LogP contribution in [0.2, 0.25) is 0 Å². The summed E-state index contributed by atoms with van der Waals surface area (Å²) in [6.07, 6.45) is 0. The lowest BCUT2D eigenvalue weighted by Gasteiger charge is -1.97. The van der Waals surface area contributed by atoms with Crippen molar-refractivity contribution >= 4 is 33.0 Å². The number of aromatic nitrogens is 1. The maximum atomic E-state index is 13.4. The monoisotopic (exact) mass is 335 g/mol. The van der Waals surface area contributed by atoms with Crippen LogP contribution in [0.25, 0.3) is 22.6 Å². The topological polar surface area (TPSA) is 63.3 Å². The summed E-state index contributed by atoms with van der Waals surface area (Å²) >= 11 is 3.19. The second-order valence-electron chi connectivity index (χ2n) is 4.14. The number of rotatable bonds is 2. The smallest absolute Gasteiger partial charge is 0.339 e. The van der Waals surface area contributed by atoms with Crippen LogP contribution in [0.5, 0.6) is 0 Å². The van der Waals surface area contributed by atoms with Crippen molar-refractivity contribution in [1.82, 2.24) is 4.98 Å². The minimum absolute atomic E-state index is 0.0247. The number of oxazole rings is 1. The Hall–Kier alpha value is -2.21. The number of carboxylic acids is 1. The molecule has 1 heterocycles. The highest BCUT2D eigenvalue weighted by molar-refractivity contribution is 9.10. The van der Waals surface area contributed by atoms with E-state index in [0.717, 1.165) is 0 Å². The van der Waals surface area contributed by atoms with Gasteiger partial charge in [0, 0.05) is 10.0 Å². The molecule has 4 nitrogen and oxygen atoms in total. The summed E-state index contributed by atoms with van der Waals surface area (Å²) in [5.41, 5.74) is 1.05. The Morgan fingerprint density at radius 1 is 1.30 bits per heavy atom. The van der Waals surface area contributed by atoms with Gasteiger partial charge in [0.1, 0.15) is 16.9 Å². The van der Waals surface area contributed by atoms with Gasteiger partial charge in [-0.05, 0) is 30.3 Å². The number of aromatic carboxylic acids is 1. The molecule has 0 radical (unpaired) electrons. The second kappa shape index (κ2) is 4.72. The molecule has 0 aliphatic heterocycles. The SMILES string of the molecule is O=C(O)c1cccc2nc(-c3cc(F)cc(Br)c3)oc12. The molecule has 0 aliphatic carbocycles. The van der Waals surface area contributed by atoms with Gasteiger partial charge in [-0.15, -0.1) is 0 Å². The van der Waals surface area contributed by atoms with Crippen LogP contribution in [0.4, 0.5) is 4.39 Å². The Labute approximate surface area is 121 Å². The summed E-state index contributed by atoms with van der Waals surface area (Å²) in [7, 11) is 0. The Bertz CT molecular complexity index is 808. The van der Waals surface area contributed by atoms with E-state index in [2.05, 4.69) is 20.9 Å². The Morgan fingerprint density at radius 2 is 2.10 bits per heavy atom. The number of para-hydroxylation sites is 1. The number of fused-ring (bicyclic) bond motifs is 1.